The maximum absolute atomic E-state index is 13.1. The van der Waals surface area contributed by atoms with Gasteiger partial charge in [-0.25, -0.2) is 4.98 Å². The van der Waals surface area contributed by atoms with Gasteiger partial charge in [0.1, 0.15) is 6.33 Å². The molecule has 0 radical (unpaired) electrons. The first kappa shape index (κ1) is 29.3. The molecule has 1 aromatic carbocycles. The molecule has 0 spiro atoms. The minimum absolute atomic E-state index is 0.0835. The second kappa shape index (κ2) is 12.5. The Hall–Kier alpha value is -3.26. The topological polar surface area (TPSA) is 46.9 Å². The molecule has 2 aromatic rings. The van der Waals surface area contributed by atoms with Crippen molar-refractivity contribution in [2.45, 2.75) is 58.9 Å². The molecule has 0 fully saturated rings. The number of aromatic nitrogens is 2. The normalized spacial score (nSPS) is 19.0. The highest BCUT2D eigenvalue weighted by molar-refractivity contribution is 7.98. The van der Waals surface area contributed by atoms with Gasteiger partial charge in [-0.15, -0.1) is 0 Å². The van der Waals surface area contributed by atoms with Gasteiger partial charge in [-0.3, -0.25) is 8.77 Å². The Morgan fingerprint density at radius 3 is 2.61 bits per heavy atom. The van der Waals surface area contributed by atoms with Crippen LogP contribution in [-0.4, -0.2) is 20.1 Å². The molecule has 1 unspecified atom stereocenters. The van der Waals surface area contributed by atoms with Gasteiger partial charge in [0.05, 0.1) is 11.3 Å². The first-order chi connectivity index (χ1) is 17.9. The summed E-state index contributed by atoms with van der Waals surface area (Å²) in [5.74, 6) is -0.616. The van der Waals surface area contributed by atoms with Crippen molar-refractivity contribution >= 4 is 23.5 Å². The number of alkyl halides is 3. The number of hydrogen-bond donors (Lipinski definition) is 1. The number of rotatable bonds is 8. The maximum atomic E-state index is 13.1. The van der Waals surface area contributed by atoms with E-state index in [2.05, 4.69) is 47.2 Å². The number of anilines is 1. The van der Waals surface area contributed by atoms with Gasteiger partial charge in [-0.1, -0.05) is 67.5 Å². The van der Waals surface area contributed by atoms with Crippen molar-refractivity contribution in [2.75, 3.05) is 5.32 Å². The lowest BCUT2D eigenvalue weighted by Gasteiger charge is -2.37. The minimum atomic E-state index is -4.54. The highest BCUT2D eigenvalue weighted by atomic mass is 32.2. The highest BCUT2D eigenvalue weighted by Crippen LogP contribution is 2.44. The van der Waals surface area contributed by atoms with Crippen LogP contribution in [0.3, 0.4) is 0 Å². The van der Waals surface area contributed by atoms with Gasteiger partial charge in [0.25, 0.3) is 0 Å². The molecule has 1 aliphatic rings. The van der Waals surface area contributed by atoms with Crippen LogP contribution in [0.4, 0.5) is 18.9 Å². The van der Waals surface area contributed by atoms with Crippen molar-refractivity contribution in [1.82, 2.24) is 8.96 Å². The highest BCUT2D eigenvalue weighted by Gasteiger charge is 2.34. The smallest absolute Gasteiger partial charge is 0.322 e. The number of hydrogen-bond acceptors (Lipinski definition) is 3. The van der Waals surface area contributed by atoms with E-state index in [-0.39, 0.29) is 11.1 Å². The summed E-state index contributed by atoms with van der Waals surface area (Å²) < 4.78 is 41.5. The molecule has 1 heterocycles. The van der Waals surface area contributed by atoms with Crippen molar-refractivity contribution in [3.05, 3.63) is 107 Å². The second-order valence-electron chi connectivity index (χ2n) is 10.1. The molecule has 38 heavy (non-hydrogen) atoms. The fourth-order valence-corrected chi connectivity index (χ4v) is 5.42. The Balaban J connectivity index is 1.66. The molecule has 0 saturated heterocycles. The Labute approximate surface area is 227 Å². The Morgan fingerprint density at radius 2 is 1.92 bits per heavy atom. The maximum Gasteiger partial charge on any atom is 0.418 e. The van der Waals surface area contributed by atoms with Gasteiger partial charge in [-0.2, -0.15) is 13.2 Å². The molecule has 1 atom stereocenters. The number of carbonyl (C=O) groups is 1. The van der Waals surface area contributed by atoms with Gasteiger partial charge in [0, 0.05) is 23.7 Å². The van der Waals surface area contributed by atoms with E-state index < -0.39 is 17.6 Å². The largest absolute Gasteiger partial charge is 0.418 e. The van der Waals surface area contributed by atoms with Gasteiger partial charge in [0.15, 0.2) is 0 Å². The number of nitrogens with one attached hydrogen (secondary N) is 1. The summed E-state index contributed by atoms with van der Waals surface area (Å²) in [6, 6.07) is 4.92. The third-order valence-electron chi connectivity index (χ3n) is 6.48. The monoisotopic (exact) mass is 541 g/mol. The third-order valence-corrected chi connectivity index (χ3v) is 7.78. The van der Waals surface area contributed by atoms with Gasteiger partial charge in [-0.05, 0) is 74.3 Å². The average Bonchev–Trinajstić information content (AvgIpc) is 3.33. The fraction of sp³-hybridized carbons (Fsp3) is 0.333. The van der Waals surface area contributed by atoms with Crippen LogP contribution in [0.5, 0.6) is 0 Å². The Morgan fingerprint density at radius 1 is 1.18 bits per heavy atom. The zero-order valence-electron chi connectivity index (χ0n) is 22.3. The van der Waals surface area contributed by atoms with E-state index in [1.54, 1.807) is 31.1 Å². The van der Waals surface area contributed by atoms with Crippen LogP contribution in [0.2, 0.25) is 0 Å². The molecule has 1 aromatic heterocycles. The second-order valence-corrected chi connectivity index (χ2v) is 11.3. The predicted molar refractivity (Wildman–Crippen MR) is 151 cm³/mol. The summed E-state index contributed by atoms with van der Waals surface area (Å²) in [6.45, 7) is 10.5. The number of amides is 1. The molecular weight excluding hydrogens is 507 g/mol. The average molecular weight is 542 g/mol. The zero-order valence-corrected chi connectivity index (χ0v) is 23.2. The molecule has 1 N–H and O–H groups in total. The Bertz CT molecular complexity index is 1280. The summed E-state index contributed by atoms with van der Waals surface area (Å²) in [5, 5.41) is 2.72. The van der Waals surface area contributed by atoms with Crippen molar-refractivity contribution in [1.29, 1.82) is 0 Å². The molecule has 0 bridgehead atoms. The summed E-state index contributed by atoms with van der Waals surface area (Å²) in [5.41, 5.74) is 3.31. The predicted octanol–water partition coefficient (Wildman–Crippen LogP) is 8.55. The molecule has 0 saturated carbocycles. The SMILES string of the molecule is CC1=C(/C=C/C(C)=C/C=C/C(C)=C/C(=O)Nc2ccccc2C(F)(F)F)C(C)(C)CCC1Sn1ccnc1. The van der Waals surface area contributed by atoms with Gasteiger partial charge < -0.3 is 5.32 Å². The summed E-state index contributed by atoms with van der Waals surface area (Å²) in [7, 11) is 0. The number of allylic oxidation sites excluding steroid dienone is 8. The lowest BCUT2D eigenvalue weighted by atomic mass is 9.72. The first-order valence-electron chi connectivity index (χ1n) is 12.4. The van der Waals surface area contributed by atoms with Crippen molar-refractivity contribution in [2.24, 2.45) is 5.41 Å². The number of para-hydroxylation sites is 1. The van der Waals surface area contributed by atoms with Crippen LogP contribution < -0.4 is 5.32 Å². The van der Waals surface area contributed by atoms with Gasteiger partial charge in [0.2, 0.25) is 5.91 Å². The van der Waals surface area contributed by atoms with E-state index in [0.29, 0.717) is 10.8 Å². The summed E-state index contributed by atoms with van der Waals surface area (Å²) in [6.07, 6.45) is 14.3. The first-order valence-corrected chi connectivity index (χ1v) is 13.3. The summed E-state index contributed by atoms with van der Waals surface area (Å²) >= 11 is 1.78. The van der Waals surface area contributed by atoms with E-state index in [1.165, 1.54) is 35.4 Å². The van der Waals surface area contributed by atoms with Crippen LogP contribution in [0, 0.1) is 5.41 Å². The number of imidazole rings is 1. The van der Waals surface area contributed by atoms with Crippen molar-refractivity contribution in [3.8, 4) is 0 Å². The zero-order chi connectivity index (χ0) is 27.9. The Kier molecular flexibility index (Phi) is 9.66. The molecular formula is C30H34F3N3OS. The van der Waals surface area contributed by atoms with Crippen LogP contribution in [0.25, 0.3) is 0 Å². The molecule has 4 nitrogen and oxygen atoms in total. The summed E-state index contributed by atoms with van der Waals surface area (Å²) in [4.78, 5) is 16.4. The quantitative estimate of drug-likeness (QED) is 0.269. The van der Waals surface area contributed by atoms with Crippen LogP contribution in [0.15, 0.2) is 102 Å². The number of carbonyl (C=O) groups excluding carboxylic acids is 1. The molecule has 1 aliphatic carbocycles. The van der Waals surface area contributed by atoms with E-state index in [1.807, 2.05) is 31.6 Å². The third kappa shape index (κ3) is 8.12. The van der Waals surface area contributed by atoms with E-state index in [4.69, 9.17) is 0 Å². The van der Waals surface area contributed by atoms with Gasteiger partial charge >= 0.3 is 6.18 Å². The van der Waals surface area contributed by atoms with E-state index in [9.17, 15) is 18.0 Å². The fourth-order valence-electron chi connectivity index (χ4n) is 4.38. The number of halogens is 3. The molecule has 3 rings (SSSR count). The molecule has 8 heteroatoms. The lowest BCUT2D eigenvalue weighted by molar-refractivity contribution is -0.137. The lowest BCUT2D eigenvalue weighted by Crippen LogP contribution is -2.26. The molecule has 202 valence electrons. The number of nitrogens with zero attached hydrogens (tertiary/aromatic N) is 2. The van der Waals surface area contributed by atoms with E-state index in [0.717, 1.165) is 24.5 Å². The van der Waals surface area contributed by atoms with Crippen LogP contribution in [-0.2, 0) is 11.0 Å². The minimum Gasteiger partial charge on any atom is -0.322 e. The molecule has 0 aliphatic heterocycles. The number of benzene rings is 1. The van der Waals surface area contributed by atoms with Crippen LogP contribution >= 0.6 is 11.9 Å². The molecule has 1 amide bonds. The van der Waals surface area contributed by atoms with E-state index >= 15 is 0 Å². The van der Waals surface area contributed by atoms with Crippen molar-refractivity contribution < 1.29 is 18.0 Å². The van der Waals surface area contributed by atoms with Crippen molar-refractivity contribution in [3.63, 3.8) is 0 Å². The standard InChI is InChI=1S/C30H34F3N3OS/c1-21(13-14-24-23(3)27(15-16-29(24,4)5)38-36-18-17-34-20-36)9-8-10-22(2)19-28(37)35-26-12-7-6-11-25(26)30(31,32)33/h6-14,17-20,27H,15-16H2,1-5H3,(H,35,37)/b10-8+,14-13+,21-9+,22-19+. The van der Waals surface area contributed by atoms with Crippen LogP contribution in [0.1, 0.15) is 53.0 Å².